The first kappa shape index (κ1) is 15.5. The first-order chi connectivity index (χ1) is 8.55. The summed E-state index contributed by atoms with van der Waals surface area (Å²) < 4.78 is 24.6. The van der Waals surface area contributed by atoms with Crippen molar-refractivity contribution in [2.75, 3.05) is 16.3 Å². The van der Waals surface area contributed by atoms with E-state index in [0.717, 1.165) is 6.26 Å². The van der Waals surface area contributed by atoms with Crippen LogP contribution in [0.25, 0.3) is 0 Å². The number of carbonyl (C=O) groups is 1. The third-order valence-electron chi connectivity index (χ3n) is 2.14. The molecule has 0 aliphatic heterocycles. The maximum absolute atomic E-state index is 11.8. The number of carbonyl (C=O) groups excluding carboxylic acids is 1. The third-order valence-corrected chi connectivity index (χ3v) is 2.75. The van der Waals surface area contributed by atoms with Crippen LogP contribution in [0.15, 0.2) is 24.3 Å². The van der Waals surface area contributed by atoms with Crippen LogP contribution >= 0.6 is 0 Å². The summed E-state index contributed by atoms with van der Waals surface area (Å²) in [7, 11) is -3.31. The molecule has 0 bridgehead atoms. The van der Waals surface area contributed by atoms with E-state index in [4.69, 9.17) is 0 Å². The molecule has 0 aromatic heterocycles. The van der Waals surface area contributed by atoms with Gasteiger partial charge in [-0.3, -0.25) is 9.52 Å². The Morgan fingerprint density at radius 3 is 2.32 bits per heavy atom. The lowest BCUT2D eigenvalue weighted by molar-refractivity contribution is -0.117. The van der Waals surface area contributed by atoms with Gasteiger partial charge in [0.1, 0.15) is 0 Å². The molecule has 0 atom stereocenters. The number of hydrogen-bond donors (Lipinski definition) is 2. The highest BCUT2D eigenvalue weighted by atomic mass is 32.2. The largest absolute Gasteiger partial charge is 0.326 e. The quantitative estimate of drug-likeness (QED) is 0.891. The predicted molar refractivity (Wildman–Crippen MR) is 77.6 cm³/mol. The van der Waals surface area contributed by atoms with Gasteiger partial charge in [0.2, 0.25) is 15.9 Å². The summed E-state index contributed by atoms with van der Waals surface area (Å²) in [4.78, 5) is 11.8. The summed E-state index contributed by atoms with van der Waals surface area (Å²) in [6.07, 6.45) is 1.48. The van der Waals surface area contributed by atoms with Crippen molar-refractivity contribution >= 4 is 27.3 Å². The fraction of sp³-hybridized carbons (Fsp3) is 0.462. The molecule has 0 fully saturated rings. The van der Waals surface area contributed by atoms with Crippen LogP contribution in [0, 0.1) is 5.41 Å². The zero-order valence-electron chi connectivity index (χ0n) is 11.6. The summed E-state index contributed by atoms with van der Waals surface area (Å²) >= 11 is 0. The maximum atomic E-state index is 11.8. The highest BCUT2D eigenvalue weighted by molar-refractivity contribution is 7.92. The number of amides is 1. The van der Waals surface area contributed by atoms with Crippen LogP contribution in [-0.2, 0) is 14.8 Å². The average molecular weight is 284 g/mol. The normalized spacial score (nSPS) is 12.0. The molecule has 1 amide bonds. The van der Waals surface area contributed by atoms with Crippen LogP contribution < -0.4 is 10.0 Å². The van der Waals surface area contributed by atoms with E-state index in [1.807, 2.05) is 20.8 Å². The lowest BCUT2D eigenvalue weighted by Gasteiger charge is -2.17. The molecule has 106 valence electrons. The molecule has 2 N–H and O–H groups in total. The maximum Gasteiger partial charge on any atom is 0.229 e. The Labute approximate surface area is 114 Å². The Balaban J connectivity index is 2.75. The minimum absolute atomic E-state index is 0.0906. The van der Waals surface area contributed by atoms with Gasteiger partial charge in [0.05, 0.1) is 11.9 Å². The topological polar surface area (TPSA) is 75.3 Å². The molecule has 5 nitrogen and oxygen atoms in total. The standard InChI is InChI=1S/C13H20N2O3S/c1-13(2,3)9-12(16)14-10-6-5-7-11(8-10)15-19(4,17)18/h5-8,15H,9H2,1-4H3,(H,14,16). The van der Waals surface area contributed by atoms with Gasteiger partial charge in [0, 0.05) is 12.1 Å². The van der Waals surface area contributed by atoms with Crippen molar-refractivity contribution in [3.05, 3.63) is 24.3 Å². The molecule has 1 aromatic carbocycles. The molecule has 1 rings (SSSR count). The van der Waals surface area contributed by atoms with Gasteiger partial charge in [-0.25, -0.2) is 8.42 Å². The predicted octanol–water partition coefficient (Wildman–Crippen LogP) is 2.43. The van der Waals surface area contributed by atoms with E-state index in [1.165, 1.54) is 0 Å². The number of sulfonamides is 1. The molecule has 0 heterocycles. The van der Waals surface area contributed by atoms with Crippen LogP contribution in [-0.4, -0.2) is 20.6 Å². The first-order valence-corrected chi connectivity index (χ1v) is 7.82. The van der Waals surface area contributed by atoms with E-state index in [1.54, 1.807) is 24.3 Å². The van der Waals surface area contributed by atoms with Gasteiger partial charge in [-0.1, -0.05) is 26.8 Å². The Kier molecular flexibility index (Phi) is 4.57. The van der Waals surface area contributed by atoms with Crippen LogP contribution in [0.1, 0.15) is 27.2 Å². The van der Waals surface area contributed by atoms with E-state index in [2.05, 4.69) is 10.0 Å². The Hall–Kier alpha value is -1.56. The smallest absolute Gasteiger partial charge is 0.229 e. The van der Waals surface area contributed by atoms with Crippen molar-refractivity contribution in [2.45, 2.75) is 27.2 Å². The number of anilines is 2. The molecule has 0 spiro atoms. The molecule has 6 heteroatoms. The molecule has 1 aromatic rings. The lowest BCUT2D eigenvalue weighted by Crippen LogP contribution is -2.19. The number of benzene rings is 1. The zero-order chi connectivity index (χ0) is 14.7. The number of nitrogens with one attached hydrogen (secondary N) is 2. The average Bonchev–Trinajstić information content (AvgIpc) is 2.11. The summed E-state index contributed by atoms with van der Waals surface area (Å²) in [6.45, 7) is 5.94. The van der Waals surface area contributed by atoms with Crippen molar-refractivity contribution in [3.63, 3.8) is 0 Å². The van der Waals surface area contributed by atoms with Crippen molar-refractivity contribution in [1.29, 1.82) is 0 Å². The van der Waals surface area contributed by atoms with Crippen molar-refractivity contribution in [3.8, 4) is 0 Å². The summed E-state index contributed by atoms with van der Waals surface area (Å²) in [5, 5.41) is 2.75. The molecule has 19 heavy (non-hydrogen) atoms. The molecule has 0 aliphatic carbocycles. The van der Waals surface area contributed by atoms with Crippen LogP contribution in [0.3, 0.4) is 0 Å². The van der Waals surface area contributed by atoms with Crippen molar-refractivity contribution in [2.24, 2.45) is 5.41 Å². The van der Waals surface area contributed by atoms with Gasteiger partial charge in [-0.05, 0) is 23.6 Å². The Morgan fingerprint density at radius 2 is 1.79 bits per heavy atom. The molecular weight excluding hydrogens is 264 g/mol. The van der Waals surface area contributed by atoms with Gasteiger partial charge in [0.15, 0.2) is 0 Å². The van der Waals surface area contributed by atoms with Gasteiger partial charge in [-0.15, -0.1) is 0 Å². The molecule has 0 unspecified atom stereocenters. The highest BCUT2D eigenvalue weighted by Crippen LogP contribution is 2.21. The lowest BCUT2D eigenvalue weighted by atomic mass is 9.92. The van der Waals surface area contributed by atoms with E-state index in [-0.39, 0.29) is 11.3 Å². The van der Waals surface area contributed by atoms with E-state index in [0.29, 0.717) is 17.8 Å². The number of rotatable bonds is 4. The molecule has 0 saturated heterocycles. The Bertz CT molecular complexity index is 559. The second-order valence-electron chi connectivity index (χ2n) is 5.74. The molecule has 0 aliphatic rings. The first-order valence-electron chi connectivity index (χ1n) is 5.93. The summed E-state index contributed by atoms with van der Waals surface area (Å²) in [5.74, 6) is -0.0935. The van der Waals surface area contributed by atoms with Gasteiger partial charge in [-0.2, -0.15) is 0 Å². The third kappa shape index (κ3) is 6.81. The second kappa shape index (κ2) is 5.61. The fourth-order valence-electron chi connectivity index (χ4n) is 1.56. The van der Waals surface area contributed by atoms with Gasteiger partial charge in [0.25, 0.3) is 0 Å². The highest BCUT2D eigenvalue weighted by Gasteiger charge is 2.16. The summed E-state index contributed by atoms with van der Waals surface area (Å²) in [6, 6.07) is 6.61. The van der Waals surface area contributed by atoms with Crippen LogP contribution in [0.2, 0.25) is 0 Å². The van der Waals surface area contributed by atoms with Crippen LogP contribution in [0.5, 0.6) is 0 Å². The van der Waals surface area contributed by atoms with Gasteiger partial charge < -0.3 is 5.32 Å². The van der Waals surface area contributed by atoms with E-state index >= 15 is 0 Å². The monoisotopic (exact) mass is 284 g/mol. The zero-order valence-corrected chi connectivity index (χ0v) is 12.5. The SMILES string of the molecule is CC(C)(C)CC(=O)Nc1cccc(NS(C)(=O)=O)c1. The second-order valence-corrected chi connectivity index (χ2v) is 7.49. The van der Waals surface area contributed by atoms with Crippen molar-refractivity contribution in [1.82, 2.24) is 0 Å². The fourth-order valence-corrected chi connectivity index (χ4v) is 2.12. The Morgan fingerprint density at radius 1 is 1.21 bits per heavy atom. The molecule has 0 saturated carbocycles. The van der Waals surface area contributed by atoms with Crippen LogP contribution in [0.4, 0.5) is 11.4 Å². The minimum Gasteiger partial charge on any atom is -0.326 e. The van der Waals surface area contributed by atoms with E-state index < -0.39 is 10.0 Å². The summed E-state index contributed by atoms with van der Waals surface area (Å²) in [5.41, 5.74) is 0.908. The number of hydrogen-bond acceptors (Lipinski definition) is 3. The van der Waals surface area contributed by atoms with Crippen molar-refractivity contribution < 1.29 is 13.2 Å². The molecule has 0 radical (unpaired) electrons. The molecular formula is C13H20N2O3S. The minimum atomic E-state index is -3.31. The van der Waals surface area contributed by atoms with Gasteiger partial charge >= 0.3 is 0 Å². The van der Waals surface area contributed by atoms with E-state index in [9.17, 15) is 13.2 Å².